The van der Waals surface area contributed by atoms with Crippen molar-refractivity contribution in [1.29, 1.82) is 0 Å². The number of benzene rings is 4. The maximum Gasteiger partial charge on any atom is 0.264 e. The molecule has 5 nitrogen and oxygen atoms in total. The zero-order valence-electron chi connectivity index (χ0n) is 20.1. The van der Waals surface area contributed by atoms with Crippen molar-refractivity contribution >= 4 is 38.1 Å². The zero-order valence-corrected chi connectivity index (χ0v) is 20.9. The third kappa shape index (κ3) is 4.30. The Morgan fingerprint density at radius 1 is 0.857 bits per heavy atom. The molecule has 0 spiro atoms. The highest BCUT2D eigenvalue weighted by Crippen LogP contribution is 2.35. The Labute approximate surface area is 206 Å². The van der Waals surface area contributed by atoms with Crippen molar-refractivity contribution in [2.24, 2.45) is 0 Å². The average Bonchev–Trinajstić information content (AvgIpc) is 3.25. The Bertz CT molecular complexity index is 1550. The predicted octanol–water partition coefficient (Wildman–Crippen LogP) is 5.70. The molecule has 1 amide bonds. The molecule has 6 heteroatoms. The van der Waals surface area contributed by atoms with Crippen molar-refractivity contribution in [3.05, 3.63) is 101 Å². The first-order chi connectivity index (χ1) is 16.7. The largest absolute Gasteiger partial charge is 0.324 e. The van der Waals surface area contributed by atoms with Gasteiger partial charge >= 0.3 is 0 Å². The second-order valence-corrected chi connectivity index (χ2v) is 11.1. The minimum atomic E-state index is -3.97. The number of sulfonamides is 1. The maximum absolute atomic E-state index is 13.7. The van der Waals surface area contributed by atoms with Crippen LogP contribution >= 0.6 is 0 Å². The third-order valence-electron chi connectivity index (χ3n) is 6.67. The van der Waals surface area contributed by atoms with Crippen LogP contribution in [0.25, 0.3) is 10.8 Å². The number of nitrogens with one attached hydrogen (secondary N) is 1. The van der Waals surface area contributed by atoms with E-state index in [9.17, 15) is 13.2 Å². The molecule has 0 unspecified atom stereocenters. The van der Waals surface area contributed by atoms with Gasteiger partial charge in [-0.15, -0.1) is 0 Å². The van der Waals surface area contributed by atoms with Crippen LogP contribution < -0.4 is 9.62 Å². The Morgan fingerprint density at radius 2 is 1.54 bits per heavy atom. The van der Waals surface area contributed by atoms with Crippen LogP contribution in [0.5, 0.6) is 0 Å². The second-order valence-electron chi connectivity index (χ2n) is 9.27. The van der Waals surface area contributed by atoms with Gasteiger partial charge in [0.15, 0.2) is 0 Å². The highest BCUT2D eigenvalue weighted by atomic mass is 32.2. The summed E-state index contributed by atoms with van der Waals surface area (Å²) >= 11 is 0. The molecule has 0 heterocycles. The lowest BCUT2D eigenvalue weighted by Gasteiger charge is -2.26. The first-order valence-electron chi connectivity index (χ1n) is 11.7. The van der Waals surface area contributed by atoms with E-state index in [1.54, 1.807) is 30.3 Å². The predicted molar refractivity (Wildman–Crippen MR) is 142 cm³/mol. The van der Waals surface area contributed by atoms with Gasteiger partial charge in [-0.2, -0.15) is 0 Å². The van der Waals surface area contributed by atoms with Crippen molar-refractivity contribution in [3.8, 4) is 0 Å². The van der Waals surface area contributed by atoms with Gasteiger partial charge in [0, 0.05) is 11.1 Å². The van der Waals surface area contributed by atoms with Crippen LogP contribution in [0.1, 0.15) is 27.8 Å². The van der Waals surface area contributed by atoms with Crippen molar-refractivity contribution in [1.82, 2.24) is 0 Å². The van der Waals surface area contributed by atoms with E-state index < -0.39 is 10.0 Å². The molecule has 178 valence electrons. The highest BCUT2D eigenvalue weighted by molar-refractivity contribution is 7.92. The summed E-state index contributed by atoms with van der Waals surface area (Å²) in [4.78, 5) is 13.5. The van der Waals surface area contributed by atoms with Gasteiger partial charge in [-0.3, -0.25) is 9.10 Å². The normalized spacial score (nSPS) is 12.7. The highest BCUT2D eigenvalue weighted by Gasteiger charge is 2.28. The lowest BCUT2D eigenvalue weighted by Crippen LogP contribution is -2.38. The molecule has 0 atom stereocenters. The first-order valence-corrected chi connectivity index (χ1v) is 13.2. The molecule has 0 fully saturated rings. The Kier molecular flexibility index (Phi) is 5.85. The molecule has 4 aromatic carbocycles. The van der Waals surface area contributed by atoms with Crippen molar-refractivity contribution in [2.75, 3.05) is 16.2 Å². The number of anilines is 2. The van der Waals surface area contributed by atoms with Gasteiger partial charge in [0.1, 0.15) is 6.54 Å². The fourth-order valence-electron chi connectivity index (χ4n) is 4.90. The summed E-state index contributed by atoms with van der Waals surface area (Å²) in [7, 11) is -3.97. The Balaban J connectivity index is 1.51. The summed E-state index contributed by atoms with van der Waals surface area (Å²) in [5.41, 5.74) is 6.54. The molecule has 4 aromatic rings. The average molecular weight is 485 g/mol. The van der Waals surface area contributed by atoms with Crippen LogP contribution in [0.15, 0.2) is 77.7 Å². The molecular formula is C29H28N2O3S. The van der Waals surface area contributed by atoms with Crippen molar-refractivity contribution < 1.29 is 13.2 Å². The van der Waals surface area contributed by atoms with E-state index in [0.717, 1.165) is 34.9 Å². The van der Waals surface area contributed by atoms with Gasteiger partial charge in [0.25, 0.3) is 10.0 Å². The number of aryl methyl sites for hydroxylation is 5. The van der Waals surface area contributed by atoms with Gasteiger partial charge in [0.2, 0.25) is 5.91 Å². The molecule has 0 radical (unpaired) electrons. The van der Waals surface area contributed by atoms with Crippen molar-refractivity contribution in [3.63, 3.8) is 0 Å². The summed E-state index contributed by atoms with van der Waals surface area (Å²) in [5.74, 6) is -0.389. The van der Waals surface area contributed by atoms with E-state index in [1.165, 1.54) is 20.8 Å². The summed E-state index contributed by atoms with van der Waals surface area (Å²) in [5, 5.41) is 5.17. The van der Waals surface area contributed by atoms with Crippen LogP contribution in [0, 0.1) is 20.8 Å². The quantitative estimate of drug-likeness (QED) is 0.382. The Hall–Kier alpha value is -3.64. The molecule has 0 aliphatic heterocycles. The molecule has 0 bridgehead atoms. The number of amides is 1. The Morgan fingerprint density at radius 3 is 2.26 bits per heavy atom. The topological polar surface area (TPSA) is 66.5 Å². The van der Waals surface area contributed by atoms with E-state index in [4.69, 9.17) is 0 Å². The monoisotopic (exact) mass is 484 g/mol. The van der Waals surface area contributed by atoms with E-state index >= 15 is 0 Å². The van der Waals surface area contributed by atoms with E-state index in [2.05, 4.69) is 17.4 Å². The molecule has 0 saturated heterocycles. The molecule has 0 saturated carbocycles. The number of hydrogen-bond acceptors (Lipinski definition) is 3. The number of hydrogen-bond donors (Lipinski definition) is 1. The molecule has 35 heavy (non-hydrogen) atoms. The molecular weight excluding hydrogens is 456 g/mol. The van der Waals surface area contributed by atoms with Crippen LogP contribution in [-0.4, -0.2) is 20.9 Å². The number of nitrogens with zero attached hydrogens (tertiary/aromatic N) is 1. The van der Waals surface area contributed by atoms with Gasteiger partial charge in [0.05, 0.1) is 10.6 Å². The fourth-order valence-corrected chi connectivity index (χ4v) is 6.38. The molecule has 5 rings (SSSR count). The number of carbonyl (C=O) groups excluding carboxylic acids is 1. The minimum absolute atomic E-state index is 0.154. The van der Waals surface area contributed by atoms with Gasteiger partial charge in [-0.25, -0.2) is 8.42 Å². The van der Waals surface area contributed by atoms with Gasteiger partial charge in [-0.05, 0) is 80.0 Å². The van der Waals surface area contributed by atoms with Crippen LogP contribution in [-0.2, 0) is 27.7 Å². The van der Waals surface area contributed by atoms with Crippen LogP contribution in [0.3, 0.4) is 0 Å². The maximum atomic E-state index is 13.7. The molecule has 1 aliphatic rings. The molecule has 1 aliphatic carbocycles. The number of carbonyl (C=O) groups is 1. The minimum Gasteiger partial charge on any atom is -0.324 e. The summed E-state index contributed by atoms with van der Waals surface area (Å²) in [6, 6.07) is 22.4. The zero-order chi connectivity index (χ0) is 24.7. The van der Waals surface area contributed by atoms with Gasteiger partial charge < -0.3 is 5.32 Å². The third-order valence-corrected chi connectivity index (χ3v) is 8.44. The van der Waals surface area contributed by atoms with E-state index in [0.29, 0.717) is 11.4 Å². The summed E-state index contributed by atoms with van der Waals surface area (Å²) in [6.45, 7) is 5.39. The smallest absolute Gasteiger partial charge is 0.264 e. The van der Waals surface area contributed by atoms with Crippen LogP contribution in [0.2, 0.25) is 0 Å². The van der Waals surface area contributed by atoms with Crippen LogP contribution in [0.4, 0.5) is 11.4 Å². The van der Waals surface area contributed by atoms with E-state index in [-0.39, 0.29) is 17.3 Å². The molecule has 1 N–H and O–H groups in total. The van der Waals surface area contributed by atoms with Crippen molar-refractivity contribution in [2.45, 2.75) is 38.5 Å². The van der Waals surface area contributed by atoms with E-state index in [1.807, 2.05) is 51.1 Å². The summed E-state index contributed by atoms with van der Waals surface area (Å²) in [6.07, 6.45) is 2.00. The SMILES string of the molecule is Cc1ccc(S(=O)(=O)N(CC(=O)Nc2ccc3c4c(cccc24)CC3)c2ccc(C)cc2C)cc1. The lowest BCUT2D eigenvalue weighted by molar-refractivity contribution is -0.114. The lowest BCUT2D eigenvalue weighted by atomic mass is 10.0. The fraction of sp³-hybridized carbons (Fsp3) is 0.207. The molecule has 0 aromatic heterocycles. The summed E-state index contributed by atoms with van der Waals surface area (Å²) < 4.78 is 28.7. The first kappa shape index (κ1) is 23.1. The standard InChI is InChI=1S/C29H28N2O3S/c1-19-7-13-24(14-8-19)35(33,34)31(27-16-9-20(2)17-21(27)3)18-28(32)30-26-15-12-23-11-10-22-5-4-6-25(26)29(22)23/h4-9,12-17H,10-11,18H2,1-3H3,(H,30,32). The van der Waals surface area contributed by atoms with Gasteiger partial charge in [-0.1, -0.05) is 59.7 Å². The second kappa shape index (κ2) is 8.86. The number of rotatable bonds is 6.